The molecule has 2 aromatic carbocycles. The lowest BCUT2D eigenvalue weighted by Crippen LogP contribution is -2.28. The van der Waals surface area contributed by atoms with Gasteiger partial charge in [-0.1, -0.05) is 24.3 Å². The molecule has 1 aliphatic rings. The molecule has 0 spiro atoms. The van der Waals surface area contributed by atoms with Gasteiger partial charge in [-0.05, 0) is 35.4 Å². The zero-order valence-electron chi connectivity index (χ0n) is 16.5. The van der Waals surface area contributed by atoms with E-state index in [-0.39, 0.29) is 40.2 Å². The fraction of sp³-hybridized carbons (Fsp3) is 0.0833. The van der Waals surface area contributed by atoms with Crippen LogP contribution in [0.25, 0.3) is 22.5 Å². The number of aromatic hydroxyl groups is 1. The Labute approximate surface area is 180 Å². The molecule has 0 aliphatic heterocycles. The number of halogens is 2. The van der Waals surface area contributed by atoms with E-state index >= 15 is 8.78 Å². The first-order valence-electron chi connectivity index (χ1n) is 9.66. The van der Waals surface area contributed by atoms with Crippen molar-refractivity contribution in [1.29, 1.82) is 5.26 Å². The Balaban J connectivity index is 1.61. The highest BCUT2D eigenvalue weighted by Crippen LogP contribution is 2.50. The molecule has 1 N–H and O–H groups in total. The molecule has 0 amide bonds. The summed E-state index contributed by atoms with van der Waals surface area (Å²) in [6.07, 6.45) is 2.52. The average molecular weight is 428 g/mol. The SMILES string of the molecule is N#Cc1ccc2c(c1)-c1ccc(=O)n(Cc3cccc(-c4ncc(O)cn4)c3)c1C2(F)F. The number of fused-ring (bicyclic) bond motifs is 3. The summed E-state index contributed by atoms with van der Waals surface area (Å²) in [5.41, 5.74) is 0.827. The fourth-order valence-corrected chi connectivity index (χ4v) is 3.99. The molecule has 0 unspecified atom stereocenters. The zero-order chi connectivity index (χ0) is 22.5. The maximum absolute atomic E-state index is 15.4. The molecule has 0 saturated heterocycles. The van der Waals surface area contributed by atoms with Crippen molar-refractivity contribution < 1.29 is 13.9 Å². The van der Waals surface area contributed by atoms with Gasteiger partial charge in [-0.15, -0.1) is 0 Å². The van der Waals surface area contributed by atoms with Crippen LogP contribution in [0.3, 0.4) is 0 Å². The molecular formula is C24H14F2N4O2. The van der Waals surface area contributed by atoms with E-state index in [4.69, 9.17) is 5.26 Å². The first-order valence-corrected chi connectivity index (χ1v) is 9.66. The number of nitriles is 1. The van der Waals surface area contributed by atoms with E-state index < -0.39 is 11.5 Å². The minimum absolute atomic E-state index is 0.0716. The molecule has 0 saturated carbocycles. The lowest BCUT2D eigenvalue weighted by molar-refractivity contribution is 0.0387. The van der Waals surface area contributed by atoms with Crippen LogP contribution < -0.4 is 5.56 Å². The van der Waals surface area contributed by atoms with Crippen molar-refractivity contribution in [2.75, 3.05) is 0 Å². The summed E-state index contributed by atoms with van der Waals surface area (Å²) < 4.78 is 31.9. The number of pyridine rings is 1. The van der Waals surface area contributed by atoms with Gasteiger partial charge in [0.15, 0.2) is 11.6 Å². The average Bonchev–Trinajstić information content (AvgIpc) is 3.02. The summed E-state index contributed by atoms with van der Waals surface area (Å²) >= 11 is 0. The van der Waals surface area contributed by atoms with E-state index in [1.165, 1.54) is 42.7 Å². The number of nitrogens with zero attached hydrogens (tertiary/aromatic N) is 4. The number of benzene rings is 2. The first kappa shape index (κ1) is 19.6. The Kier molecular flexibility index (Phi) is 4.34. The van der Waals surface area contributed by atoms with E-state index in [0.29, 0.717) is 17.0 Å². The van der Waals surface area contributed by atoms with Crippen LogP contribution in [0.4, 0.5) is 8.78 Å². The van der Waals surface area contributed by atoms with Gasteiger partial charge >= 0.3 is 5.92 Å². The summed E-state index contributed by atoms with van der Waals surface area (Å²) in [6, 6.07) is 15.5. The molecule has 6 nitrogen and oxygen atoms in total. The smallest absolute Gasteiger partial charge is 0.314 e. The maximum Gasteiger partial charge on any atom is 0.314 e. The van der Waals surface area contributed by atoms with Gasteiger partial charge in [-0.3, -0.25) is 4.79 Å². The third kappa shape index (κ3) is 3.03. The fourth-order valence-electron chi connectivity index (χ4n) is 3.99. The van der Waals surface area contributed by atoms with Gasteiger partial charge in [0.2, 0.25) is 0 Å². The Hall–Kier alpha value is -4.38. The van der Waals surface area contributed by atoms with Gasteiger partial charge in [0.25, 0.3) is 5.56 Å². The molecule has 4 aromatic rings. The highest BCUT2D eigenvalue weighted by Gasteiger charge is 2.47. The number of aromatic nitrogens is 3. The molecule has 0 radical (unpaired) electrons. The normalized spacial score (nSPS) is 13.3. The van der Waals surface area contributed by atoms with E-state index in [0.717, 1.165) is 4.57 Å². The quantitative estimate of drug-likeness (QED) is 0.532. The molecule has 0 atom stereocenters. The van der Waals surface area contributed by atoms with Gasteiger partial charge < -0.3 is 9.67 Å². The maximum atomic E-state index is 15.4. The summed E-state index contributed by atoms with van der Waals surface area (Å²) in [4.78, 5) is 20.8. The highest BCUT2D eigenvalue weighted by atomic mass is 19.3. The van der Waals surface area contributed by atoms with Crippen LogP contribution in [-0.4, -0.2) is 19.6 Å². The standard InChI is InChI=1S/C24H14F2N4O2/c25-24(26)20-6-4-14(10-27)9-19(20)18-5-7-21(32)30(22(18)24)13-15-2-1-3-16(8-15)23-28-11-17(31)12-29-23/h1-9,11-12,31H,13H2. The second-order valence-corrected chi connectivity index (χ2v) is 7.43. The second kappa shape index (κ2) is 7.10. The molecule has 5 rings (SSSR count). The van der Waals surface area contributed by atoms with Crippen molar-refractivity contribution in [2.45, 2.75) is 12.5 Å². The van der Waals surface area contributed by atoms with Gasteiger partial charge in [0.1, 0.15) is 5.69 Å². The Bertz CT molecular complexity index is 1470. The molecule has 8 heteroatoms. The first-order chi connectivity index (χ1) is 15.4. The summed E-state index contributed by atoms with van der Waals surface area (Å²) in [6.45, 7) is -0.0807. The Morgan fingerprint density at radius 2 is 1.81 bits per heavy atom. The molecular weight excluding hydrogens is 414 g/mol. The zero-order valence-corrected chi connectivity index (χ0v) is 16.5. The van der Waals surface area contributed by atoms with Crippen LogP contribution >= 0.6 is 0 Å². The highest BCUT2D eigenvalue weighted by molar-refractivity contribution is 5.79. The van der Waals surface area contributed by atoms with Crippen molar-refractivity contribution >= 4 is 0 Å². The van der Waals surface area contributed by atoms with E-state index in [9.17, 15) is 9.90 Å². The Morgan fingerprint density at radius 1 is 1.03 bits per heavy atom. The minimum atomic E-state index is -3.38. The number of hydrogen-bond acceptors (Lipinski definition) is 5. The number of rotatable bonds is 3. The largest absolute Gasteiger partial charge is 0.505 e. The van der Waals surface area contributed by atoms with Crippen molar-refractivity contribution in [3.63, 3.8) is 0 Å². The predicted molar refractivity (Wildman–Crippen MR) is 112 cm³/mol. The van der Waals surface area contributed by atoms with Crippen LogP contribution in [0.5, 0.6) is 5.75 Å². The van der Waals surface area contributed by atoms with E-state index in [1.54, 1.807) is 24.3 Å². The van der Waals surface area contributed by atoms with Crippen LogP contribution in [0.1, 0.15) is 22.4 Å². The van der Waals surface area contributed by atoms with Crippen LogP contribution in [0.2, 0.25) is 0 Å². The van der Waals surface area contributed by atoms with Crippen LogP contribution in [-0.2, 0) is 12.5 Å². The monoisotopic (exact) mass is 428 g/mol. The van der Waals surface area contributed by atoms with Gasteiger partial charge in [-0.2, -0.15) is 14.0 Å². The topological polar surface area (TPSA) is 91.8 Å². The van der Waals surface area contributed by atoms with Gasteiger partial charge in [0, 0.05) is 22.8 Å². The van der Waals surface area contributed by atoms with Gasteiger partial charge in [-0.25, -0.2) is 9.97 Å². The van der Waals surface area contributed by atoms with Crippen LogP contribution in [0.15, 0.2) is 71.8 Å². The van der Waals surface area contributed by atoms with Crippen LogP contribution in [0, 0.1) is 11.3 Å². The minimum Gasteiger partial charge on any atom is -0.505 e. The molecule has 2 heterocycles. The lowest BCUT2D eigenvalue weighted by Gasteiger charge is -2.18. The lowest BCUT2D eigenvalue weighted by atomic mass is 10.0. The molecule has 1 aliphatic carbocycles. The predicted octanol–water partition coefficient (Wildman–Crippen LogP) is 4.05. The third-order valence-corrected chi connectivity index (χ3v) is 5.42. The number of hydrogen-bond donors (Lipinski definition) is 1. The molecule has 2 aromatic heterocycles. The molecule has 156 valence electrons. The summed E-state index contributed by atoms with van der Waals surface area (Å²) in [7, 11) is 0. The van der Waals surface area contributed by atoms with Crippen molar-refractivity contribution in [1.82, 2.24) is 14.5 Å². The summed E-state index contributed by atoms with van der Waals surface area (Å²) in [5, 5.41) is 18.5. The molecule has 32 heavy (non-hydrogen) atoms. The summed E-state index contributed by atoms with van der Waals surface area (Å²) in [5.74, 6) is -3.09. The van der Waals surface area contributed by atoms with Crippen molar-refractivity contribution in [2.24, 2.45) is 0 Å². The van der Waals surface area contributed by atoms with E-state index in [1.807, 2.05) is 6.07 Å². The molecule has 0 bridgehead atoms. The molecule has 0 fully saturated rings. The number of alkyl halides is 2. The van der Waals surface area contributed by atoms with Gasteiger partial charge in [0.05, 0.1) is 30.6 Å². The van der Waals surface area contributed by atoms with Crippen molar-refractivity contribution in [3.05, 3.63) is 99.7 Å². The van der Waals surface area contributed by atoms with Crippen molar-refractivity contribution in [3.8, 4) is 34.3 Å². The van der Waals surface area contributed by atoms with E-state index in [2.05, 4.69) is 9.97 Å². The Morgan fingerprint density at radius 3 is 2.56 bits per heavy atom. The second-order valence-electron chi connectivity index (χ2n) is 7.43. The third-order valence-electron chi connectivity index (χ3n) is 5.42.